The predicted octanol–water partition coefficient (Wildman–Crippen LogP) is 1.62. The van der Waals surface area contributed by atoms with E-state index in [1.807, 2.05) is 0 Å². The van der Waals surface area contributed by atoms with Gasteiger partial charge in [-0.1, -0.05) is 6.07 Å². The number of halogens is 3. The molecule has 0 unspecified atom stereocenters. The number of aromatic carboxylic acids is 1. The Kier molecular flexibility index (Phi) is 6.08. The molecule has 30 heavy (non-hydrogen) atoms. The van der Waals surface area contributed by atoms with Gasteiger partial charge in [0.25, 0.3) is 17.4 Å². The number of amides is 2. The highest BCUT2D eigenvalue weighted by atomic mass is 19.4. The third-order valence-electron chi connectivity index (χ3n) is 4.06. The van der Waals surface area contributed by atoms with Crippen LogP contribution in [0.1, 0.15) is 38.4 Å². The lowest BCUT2D eigenvalue weighted by molar-refractivity contribution is -0.137. The average molecular weight is 422 g/mol. The SMILES string of the molecule is Cc1c(C(=O)N(N)C(=O)CC#N)cc(C(=O)O)c(=O)n1-c1cccc(C(F)(F)F)c1. The summed E-state index contributed by atoms with van der Waals surface area (Å²) < 4.78 is 39.7. The van der Waals surface area contributed by atoms with Crippen molar-refractivity contribution in [2.45, 2.75) is 19.5 Å². The van der Waals surface area contributed by atoms with E-state index in [0.29, 0.717) is 16.7 Å². The lowest BCUT2D eigenvalue weighted by Gasteiger charge is -2.19. The number of nitriles is 1. The molecule has 0 radical (unpaired) electrons. The zero-order chi connectivity index (χ0) is 22.8. The molecule has 3 N–H and O–H groups in total. The van der Waals surface area contributed by atoms with E-state index in [4.69, 9.17) is 11.1 Å². The van der Waals surface area contributed by atoms with Crippen LogP contribution >= 0.6 is 0 Å². The van der Waals surface area contributed by atoms with Crippen LogP contribution in [0.4, 0.5) is 13.2 Å². The van der Waals surface area contributed by atoms with Gasteiger partial charge in [0.1, 0.15) is 12.0 Å². The number of nitrogens with zero attached hydrogens (tertiary/aromatic N) is 3. The van der Waals surface area contributed by atoms with Crippen molar-refractivity contribution >= 4 is 17.8 Å². The molecule has 0 atom stereocenters. The summed E-state index contributed by atoms with van der Waals surface area (Å²) >= 11 is 0. The number of nitrogens with two attached hydrogens (primary N) is 1. The van der Waals surface area contributed by atoms with Gasteiger partial charge in [0, 0.05) is 11.4 Å². The highest BCUT2D eigenvalue weighted by molar-refractivity contribution is 6.06. The molecule has 0 saturated heterocycles. The van der Waals surface area contributed by atoms with Crippen LogP contribution in [0.3, 0.4) is 0 Å². The molecule has 2 aromatic rings. The summed E-state index contributed by atoms with van der Waals surface area (Å²) in [7, 11) is 0. The van der Waals surface area contributed by atoms with Gasteiger partial charge in [-0.2, -0.15) is 18.4 Å². The van der Waals surface area contributed by atoms with Crippen LogP contribution < -0.4 is 11.4 Å². The second-order valence-electron chi connectivity index (χ2n) is 5.95. The molecule has 12 heteroatoms. The lowest BCUT2D eigenvalue weighted by Crippen LogP contribution is -2.43. The van der Waals surface area contributed by atoms with Crippen LogP contribution in [-0.4, -0.2) is 32.5 Å². The minimum atomic E-state index is -4.74. The van der Waals surface area contributed by atoms with E-state index in [1.54, 1.807) is 0 Å². The van der Waals surface area contributed by atoms with Crippen molar-refractivity contribution in [3.8, 4) is 11.8 Å². The number of carboxylic acid groups (broad SMARTS) is 1. The second kappa shape index (κ2) is 8.18. The van der Waals surface area contributed by atoms with Crippen LogP contribution in [0.5, 0.6) is 0 Å². The number of rotatable bonds is 4. The van der Waals surface area contributed by atoms with Crippen molar-refractivity contribution in [2.75, 3.05) is 0 Å². The van der Waals surface area contributed by atoms with Crippen molar-refractivity contribution in [3.63, 3.8) is 0 Å². The van der Waals surface area contributed by atoms with Gasteiger partial charge in [-0.3, -0.25) is 19.0 Å². The molecule has 0 fully saturated rings. The first kappa shape index (κ1) is 22.3. The van der Waals surface area contributed by atoms with E-state index < -0.39 is 52.6 Å². The Hall–Kier alpha value is -3.98. The highest BCUT2D eigenvalue weighted by Gasteiger charge is 2.31. The van der Waals surface area contributed by atoms with E-state index in [2.05, 4.69) is 0 Å². The third kappa shape index (κ3) is 4.20. The molecule has 1 aromatic heterocycles. The minimum absolute atomic E-state index is 0.0676. The molecule has 1 heterocycles. The van der Waals surface area contributed by atoms with Crippen LogP contribution in [0.2, 0.25) is 0 Å². The number of carbonyl (C=O) groups excluding carboxylic acids is 2. The van der Waals surface area contributed by atoms with E-state index in [9.17, 15) is 37.5 Å². The van der Waals surface area contributed by atoms with Gasteiger partial charge in [0.2, 0.25) is 0 Å². The van der Waals surface area contributed by atoms with Gasteiger partial charge in [-0.25, -0.2) is 15.6 Å². The molecular weight excluding hydrogens is 409 g/mol. The third-order valence-corrected chi connectivity index (χ3v) is 4.06. The van der Waals surface area contributed by atoms with Crippen LogP contribution in [0, 0.1) is 18.3 Å². The largest absolute Gasteiger partial charge is 0.477 e. The molecule has 0 aliphatic carbocycles. The van der Waals surface area contributed by atoms with E-state index >= 15 is 0 Å². The fourth-order valence-corrected chi connectivity index (χ4v) is 2.60. The summed E-state index contributed by atoms with van der Waals surface area (Å²) in [6, 6.07) is 5.63. The molecule has 0 spiro atoms. The zero-order valence-electron chi connectivity index (χ0n) is 15.2. The van der Waals surface area contributed by atoms with Crippen molar-refractivity contribution in [1.82, 2.24) is 9.58 Å². The van der Waals surface area contributed by atoms with Crippen molar-refractivity contribution in [3.05, 3.63) is 63.1 Å². The van der Waals surface area contributed by atoms with Gasteiger partial charge < -0.3 is 5.11 Å². The molecule has 2 rings (SSSR count). The molecule has 1 aromatic carbocycles. The maximum Gasteiger partial charge on any atom is 0.416 e. The number of alkyl halides is 3. The number of benzene rings is 1. The monoisotopic (exact) mass is 422 g/mol. The Morgan fingerprint density at radius 3 is 2.40 bits per heavy atom. The number of aromatic nitrogens is 1. The van der Waals surface area contributed by atoms with Crippen molar-refractivity contribution < 1.29 is 32.7 Å². The van der Waals surface area contributed by atoms with E-state index in [1.165, 1.54) is 13.0 Å². The molecule has 0 aliphatic heterocycles. The summed E-state index contributed by atoms with van der Waals surface area (Å²) in [5.41, 5.74) is -4.35. The quantitative estimate of drug-likeness (QED) is 0.432. The Balaban J connectivity index is 2.79. The summed E-state index contributed by atoms with van der Waals surface area (Å²) in [6.45, 7) is 1.17. The number of hydrazine groups is 1. The molecule has 156 valence electrons. The predicted molar refractivity (Wildman–Crippen MR) is 94.3 cm³/mol. The molecule has 0 aliphatic rings. The summed E-state index contributed by atoms with van der Waals surface area (Å²) in [6.07, 6.45) is -5.49. The number of carboxylic acids is 1. The fraction of sp³-hybridized carbons (Fsp3) is 0.167. The number of hydrogen-bond acceptors (Lipinski definition) is 6. The lowest BCUT2D eigenvalue weighted by atomic mass is 10.1. The minimum Gasteiger partial charge on any atom is -0.477 e. The topological polar surface area (TPSA) is 146 Å². The Bertz CT molecular complexity index is 1150. The van der Waals surface area contributed by atoms with Gasteiger partial charge in [0.05, 0.1) is 17.2 Å². The summed E-state index contributed by atoms with van der Waals surface area (Å²) in [4.78, 5) is 48.3. The van der Waals surface area contributed by atoms with E-state index in [0.717, 1.165) is 18.2 Å². The normalized spacial score (nSPS) is 10.9. The molecule has 2 amide bonds. The van der Waals surface area contributed by atoms with Gasteiger partial charge in [-0.15, -0.1) is 0 Å². The molecule has 0 bridgehead atoms. The number of pyridine rings is 1. The summed E-state index contributed by atoms with van der Waals surface area (Å²) in [5, 5.41) is 17.9. The number of hydrogen-bond donors (Lipinski definition) is 2. The standard InChI is InChI=1S/C18H13F3N4O5/c1-9-12(16(28)25(23)14(26)5-6-22)8-13(17(29)30)15(27)24(9)11-4-2-3-10(7-11)18(19,20)21/h2-4,7-8H,5,23H2,1H3,(H,29,30). The Morgan fingerprint density at radius 2 is 1.87 bits per heavy atom. The molecular formula is C18H13F3N4O5. The zero-order valence-corrected chi connectivity index (χ0v) is 15.2. The average Bonchev–Trinajstić information content (AvgIpc) is 2.66. The Labute approximate surface area is 166 Å². The van der Waals surface area contributed by atoms with Gasteiger partial charge in [-0.05, 0) is 31.2 Å². The van der Waals surface area contributed by atoms with E-state index in [-0.39, 0.29) is 16.4 Å². The molecule has 0 saturated carbocycles. The number of carbonyl (C=O) groups is 3. The first-order valence-corrected chi connectivity index (χ1v) is 8.06. The first-order chi connectivity index (χ1) is 13.9. The fourth-order valence-electron chi connectivity index (χ4n) is 2.60. The van der Waals surface area contributed by atoms with Crippen LogP contribution in [-0.2, 0) is 11.0 Å². The Morgan fingerprint density at radius 1 is 1.23 bits per heavy atom. The molecule has 9 nitrogen and oxygen atoms in total. The van der Waals surface area contributed by atoms with Gasteiger partial charge >= 0.3 is 12.1 Å². The van der Waals surface area contributed by atoms with Crippen LogP contribution in [0.15, 0.2) is 35.1 Å². The smallest absolute Gasteiger partial charge is 0.416 e. The maximum absolute atomic E-state index is 13.0. The first-order valence-electron chi connectivity index (χ1n) is 8.06. The second-order valence-corrected chi connectivity index (χ2v) is 5.95. The van der Waals surface area contributed by atoms with Crippen molar-refractivity contribution in [1.29, 1.82) is 5.26 Å². The summed E-state index contributed by atoms with van der Waals surface area (Å²) in [5.74, 6) is 1.29. The van der Waals surface area contributed by atoms with Gasteiger partial charge in [0.15, 0.2) is 0 Å². The number of imide groups is 1. The highest BCUT2D eigenvalue weighted by Crippen LogP contribution is 2.30. The van der Waals surface area contributed by atoms with Crippen LogP contribution in [0.25, 0.3) is 5.69 Å². The van der Waals surface area contributed by atoms with Crippen molar-refractivity contribution in [2.24, 2.45) is 5.84 Å². The maximum atomic E-state index is 13.0.